The summed E-state index contributed by atoms with van der Waals surface area (Å²) in [5.74, 6) is 0.540. The molecular weight excluding hydrogens is 288 g/mol. The van der Waals surface area contributed by atoms with Crippen molar-refractivity contribution in [2.24, 2.45) is 5.92 Å². The summed E-state index contributed by atoms with van der Waals surface area (Å²) in [7, 11) is 4.02. The van der Waals surface area contributed by atoms with Gasteiger partial charge in [-0.25, -0.2) is 4.98 Å². The Hall–Kier alpha value is -1.34. The summed E-state index contributed by atoms with van der Waals surface area (Å²) in [5, 5.41) is 3.67. The van der Waals surface area contributed by atoms with Gasteiger partial charge in [0.05, 0.1) is 5.92 Å². The Morgan fingerprint density at radius 2 is 2.33 bits per heavy atom. The van der Waals surface area contributed by atoms with Gasteiger partial charge in [-0.1, -0.05) is 11.8 Å². The molecule has 1 aromatic rings. The standard InChI is InChI=1S/C14H22N4O2S/c1-10-7-16-14-18(13(10)20)8-11(9-21-14)12(19)15-5-4-6-17(2)3/h7,11H,4-6,8-9H2,1-3H3,(H,15,19). The number of hydrogen-bond acceptors (Lipinski definition) is 5. The molecule has 0 aliphatic carbocycles. The Balaban J connectivity index is 1.93. The van der Waals surface area contributed by atoms with Crippen molar-refractivity contribution >= 4 is 17.7 Å². The van der Waals surface area contributed by atoms with E-state index in [0.717, 1.165) is 13.0 Å². The fourth-order valence-electron chi connectivity index (χ4n) is 2.21. The number of carbonyl (C=O) groups excluding carboxylic acids is 1. The number of aryl methyl sites for hydroxylation is 1. The summed E-state index contributed by atoms with van der Waals surface area (Å²) in [5.41, 5.74) is 0.573. The van der Waals surface area contributed by atoms with E-state index in [-0.39, 0.29) is 17.4 Å². The largest absolute Gasteiger partial charge is 0.356 e. The van der Waals surface area contributed by atoms with Crippen LogP contribution in [0.4, 0.5) is 0 Å². The van der Waals surface area contributed by atoms with Gasteiger partial charge in [0.1, 0.15) is 0 Å². The Morgan fingerprint density at radius 1 is 1.57 bits per heavy atom. The fourth-order valence-corrected chi connectivity index (χ4v) is 3.26. The van der Waals surface area contributed by atoms with Crippen LogP contribution in [0.3, 0.4) is 0 Å². The van der Waals surface area contributed by atoms with E-state index in [9.17, 15) is 9.59 Å². The molecule has 0 saturated heterocycles. The highest BCUT2D eigenvalue weighted by Gasteiger charge is 2.26. The first-order chi connectivity index (χ1) is 9.99. The average molecular weight is 310 g/mol. The van der Waals surface area contributed by atoms with Crippen LogP contribution in [0.1, 0.15) is 12.0 Å². The van der Waals surface area contributed by atoms with Gasteiger partial charge < -0.3 is 10.2 Å². The maximum Gasteiger partial charge on any atom is 0.257 e. The molecule has 0 saturated carbocycles. The lowest BCUT2D eigenvalue weighted by Gasteiger charge is -2.24. The zero-order chi connectivity index (χ0) is 15.4. The molecule has 6 nitrogen and oxygen atoms in total. The second-order valence-corrected chi connectivity index (χ2v) is 6.58. The Bertz CT molecular complexity index is 571. The maximum absolute atomic E-state index is 12.2. The van der Waals surface area contributed by atoms with E-state index in [1.54, 1.807) is 17.7 Å². The second-order valence-electron chi connectivity index (χ2n) is 5.60. The number of amides is 1. The van der Waals surface area contributed by atoms with Gasteiger partial charge in [-0.3, -0.25) is 14.2 Å². The highest BCUT2D eigenvalue weighted by molar-refractivity contribution is 7.99. The SMILES string of the molecule is Cc1cnc2n(c1=O)CC(C(=O)NCCCN(C)C)CS2. The monoisotopic (exact) mass is 310 g/mol. The number of nitrogens with zero attached hydrogens (tertiary/aromatic N) is 3. The number of fused-ring (bicyclic) bond motifs is 1. The van der Waals surface area contributed by atoms with Gasteiger partial charge in [0, 0.05) is 30.6 Å². The molecule has 0 spiro atoms. The predicted molar refractivity (Wildman–Crippen MR) is 83.6 cm³/mol. The van der Waals surface area contributed by atoms with Crippen LogP contribution in [0.25, 0.3) is 0 Å². The molecule has 1 aliphatic rings. The van der Waals surface area contributed by atoms with Crippen LogP contribution in [0.15, 0.2) is 16.1 Å². The van der Waals surface area contributed by atoms with Crippen molar-refractivity contribution in [1.29, 1.82) is 0 Å². The van der Waals surface area contributed by atoms with Crippen molar-refractivity contribution < 1.29 is 4.79 Å². The van der Waals surface area contributed by atoms with E-state index < -0.39 is 0 Å². The van der Waals surface area contributed by atoms with E-state index in [1.165, 1.54) is 11.8 Å². The first-order valence-corrected chi connectivity index (χ1v) is 8.09. The van der Waals surface area contributed by atoms with Gasteiger partial charge in [0.25, 0.3) is 5.56 Å². The van der Waals surface area contributed by atoms with E-state index in [1.807, 2.05) is 14.1 Å². The number of aromatic nitrogens is 2. The Kier molecular flexibility index (Phi) is 5.41. The van der Waals surface area contributed by atoms with E-state index in [0.29, 0.717) is 29.6 Å². The number of thioether (sulfide) groups is 1. The highest BCUT2D eigenvalue weighted by atomic mass is 32.2. The van der Waals surface area contributed by atoms with E-state index in [4.69, 9.17) is 0 Å². The summed E-state index contributed by atoms with van der Waals surface area (Å²) in [6.45, 7) is 3.80. The summed E-state index contributed by atoms with van der Waals surface area (Å²) in [6.07, 6.45) is 2.53. The normalized spacial score (nSPS) is 17.6. The van der Waals surface area contributed by atoms with Crippen molar-refractivity contribution in [2.75, 3.05) is 32.9 Å². The lowest BCUT2D eigenvalue weighted by Crippen LogP contribution is -2.40. The Labute approximate surface area is 128 Å². The molecule has 1 N–H and O–H groups in total. The molecule has 0 fully saturated rings. The maximum atomic E-state index is 12.2. The summed E-state index contributed by atoms with van der Waals surface area (Å²) in [6, 6.07) is 0. The van der Waals surface area contributed by atoms with Gasteiger partial charge in [0.2, 0.25) is 5.91 Å². The quantitative estimate of drug-likeness (QED) is 0.627. The molecule has 116 valence electrons. The van der Waals surface area contributed by atoms with Crippen LogP contribution in [0.2, 0.25) is 0 Å². The third-order valence-electron chi connectivity index (χ3n) is 3.45. The first-order valence-electron chi connectivity index (χ1n) is 7.10. The van der Waals surface area contributed by atoms with Crippen molar-refractivity contribution in [1.82, 2.24) is 19.8 Å². The molecule has 1 unspecified atom stereocenters. The fraction of sp³-hybridized carbons (Fsp3) is 0.643. The molecule has 2 heterocycles. The summed E-state index contributed by atoms with van der Waals surface area (Å²) in [4.78, 5) is 30.6. The topological polar surface area (TPSA) is 67.2 Å². The third kappa shape index (κ3) is 4.07. The molecule has 1 aliphatic heterocycles. The van der Waals surface area contributed by atoms with Crippen LogP contribution in [-0.2, 0) is 11.3 Å². The number of rotatable bonds is 5. The number of nitrogens with one attached hydrogen (secondary N) is 1. The lowest BCUT2D eigenvalue weighted by molar-refractivity contribution is -0.124. The minimum Gasteiger partial charge on any atom is -0.356 e. The summed E-state index contributed by atoms with van der Waals surface area (Å²) >= 11 is 1.47. The molecule has 0 bridgehead atoms. The Morgan fingerprint density at radius 3 is 3.05 bits per heavy atom. The zero-order valence-electron chi connectivity index (χ0n) is 12.8. The van der Waals surface area contributed by atoms with Gasteiger partial charge in [-0.15, -0.1) is 0 Å². The predicted octanol–water partition coefficient (Wildman–Crippen LogP) is 0.342. The van der Waals surface area contributed by atoms with Gasteiger partial charge in [-0.05, 0) is 34.0 Å². The van der Waals surface area contributed by atoms with Crippen molar-refractivity contribution in [3.63, 3.8) is 0 Å². The number of hydrogen-bond donors (Lipinski definition) is 1. The van der Waals surface area contributed by atoms with Crippen LogP contribution in [0, 0.1) is 12.8 Å². The van der Waals surface area contributed by atoms with Crippen LogP contribution in [-0.4, -0.2) is 53.3 Å². The third-order valence-corrected chi connectivity index (χ3v) is 4.60. The van der Waals surface area contributed by atoms with Crippen LogP contribution < -0.4 is 10.9 Å². The van der Waals surface area contributed by atoms with Crippen LogP contribution in [0.5, 0.6) is 0 Å². The number of carbonyl (C=O) groups is 1. The molecule has 0 radical (unpaired) electrons. The molecule has 7 heteroatoms. The minimum atomic E-state index is -0.164. The molecule has 0 aromatic carbocycles. The molecule has 21 heavy (non-hydrogen) atoms. The van der Waals surface area contributed by atoms with Gasteiger partial charge in [0.15, 0.2) is 5.16 Å². The smallest absolute Gasteiger partial charge is 0.257 e. The van der Waals surface area contributed by atoms with E-state index >= 15 is 0 Å². The van der Waals surface area contributed by atoms with Crippen molar-refractivity contribution in [2.45, 2.75) is 25.0 Å². The van der Waals surface area contributed by atoms with E-state index in [2.05, 4.69) is 15.2 Å². The van der Waals surface area contributed by atoms with Gasteiger partial charge in [-0.2, -0.15) is 0 Å². The zero-order valence-corrected chi connectivity index (χ0v) is 13.6. The average Bonchev–Trinajstić information content (AvgIpc) is 2.47. The highest BCUT2D eigenvalue weighted by Crippen LogP contribution is 2.24. The minimum absolute atomic E-state index is 0.0281. The summed E-state index contributed by atoms with van der Waals surface area (Å²) < 4.78 is 1.62. The molecular formula is C14H22N4O2S. The first kappa shape index (κ1) is 16.0. The lowest BCUT2D eigenvalue weighted by atomic mass is 10.1. The van der Waals surface area contributed by atoms with Crippen molar-refractivity contribution in [3.05, 3.63) is 22.1 Å². The van der Waals surface area contributed by atoms with Crippen molar-refractivity contribution in [3.8, 4) is 0 Å². The second kappa shape index (κ2) is 7.09. The van der Waals surface area contributed by atoms with Gasteiger partial charge >= 0.3 is 0 Å². The van der Waals surface area contributed by atoms with Crippen LogP contribution >= 0.6 is 11.8 Å². The molecule has 1 aromatic heterocycles. The molecule has 2 rings (SSSR count). The molecule has 1 amide bonds. The molecule has 1 atom stereocenters.